The Hall–Kier alpha value is -1.44. The van der Waals surface area contributed by atoms with Crippen LogP contribution in [0.1, 0.15) is 61.3 Å². The first-order valence-electron chi connectivity index (χ1n) is 8.32. The first kappa shape index (κ1) is 14.5. The van der Waals surface area contributed by atoms with Crippen molar-refractivity contribution in [3.05, 3.63) is 28.3 Å². The number of nitrogens with one attached hydrogen (secondary N) is 1. The smallest absolute Gasteiger partial charge is 0.126 e. The summed E-state index contributed by atoms with van der Waals surface area (Å²) in [6, 6.07) is 0. The third kappa shape index (κ3) is 2.35. The van der Waals surface area contributed by atoms with Gasteiger partial charge < -0.3 is 10.1 Å². The van der Waals surface area contributed by atoms with Crippen LogP contribution >= 0.6 is 0 Å². The van der Waals surface area contributed by atoms with Gasteiger partial charge in [-0.2, -0.15) is 0 Å². The normalized spacial score (nSPS) is 19.2. The van der Waals surface area contributed by atoms with Crippen LogP contribution in [-0.2, 0) is 0 Å². The number of benzene rings is 1. The van der Waals surface area contributed by atoms with Crippen molar-refractivity contribution in [3.63, 3.8) is 0 Å². The summed E-state index contributed by atoms with van der Waals surface area (Å²) in [5.41, 5.74) is 6.73. The Morgan fingerprint density at radius 1 is 1.05 bits per heavy atom. The highest BCUT2D eigenvalue weighted by molar-refractivity contribution is 5.81. The zero-order chi connectivity index (χ0) is 15.0. The van der Waals surface area contributed by atoms with Crippen LogP contribution in [-0.4, -0.2) is 12.1 Å². The summed E-state index contributed by atoms with van der Waals surface area (Å²) in [7, 11) is 0. The van der Waals surface area contributed by atoms with Gasteiger partial charge in [0.25, 0.3) is 0 Å². The molecule has 2 nitrogen and oxygen atoms in total. The molecule has 1 spiro atoms. The number of hydrogen-bond donors (Lipinski definition) is 1. The molecule has 1 heterocycles. The van der Waals surface area contributed by atoms with E-state index in [1.165, 1.54) is 60.0 Å². The van der Waals surface area contributed by atoms with Crippen LogP contribution in [0.15, 0.2) is 6.08 Å². The van der Waals surface area contributed by atoms with Gasteiger partial charge in [0.1, 0.15) is 5.75 Å². The fraction of sp³-hybridized carbons (Fsp3) is 0.579. The van der Waals surface area contributed by atoms with Crippen LogP contribution in [0, 0.1) is 20.8 Å². The summed E-state index contributed by atoms with van der Waals surface area (Å²) >= 11 is 0. The average Bonchev–Trinajstić information content (AvgIpc) is 2.50. The van der Waals surface area contributed by atoms with Crippen molar-refractivity contribution in [1.82, 2.24) is 0 Å². The topological polar surface area (TPSA) is 21.3 Å². The maximum Gasteiger partial charge on any atom is 0.126 e. The highest BCUT2D eigenvalue weighted by Crippen LogP contribution is 2.44. The van der Waals surface area contributed by atoms with E-state index < -0.39 is 0 Å². The first-order chi connectivity index (χ1) is 10.1. The van der Waals surface area contributed by atoms with Gasteiger partial charge in [-0.3, -0.25) is 0 Å². The molecule has 0 radical (unpaired) electrons. The SMILES string of the molecule is CCOc1c(C)c(C)c2c(c1C)C=CC1(CCCCC1)N2. The molecule has 1 aliphatic carbocycles. The lowest BCUT2D eigenvalue weighted by molar-refractivity contribution is 0.335. The minimum Gasteiger partial charge on any atom is -0.493 e. The van der Waals surface area contributed by atoms with E-state index in [1.807, 2.05) is 0 Å². The molecule has 1 saturated carbocycles. The van der Waals surface area contributed by atoms with E-state index in [4.69, 9.17) is 4.74 Å². The summed E-state index contributed by atoms with van der Waals surface area (Å²) in [6.45, 7) is 9.36. The summed E-state index contributed by atoms with van der Waals surface area (Å²) in [5.74, 6) is 1.07. The Labute approximate surface area is 128 Å². The lowest BCUT2D eigenvalue weighted by Gasteiger charge is -2.40. The predicted molar refractivity (Wildman–Crippen MR) is 90.3 cm³/mol. The summed E-state index contributed by atoms with van der Waals surface area (Å²) < 4.78 is 5.89. The van der Waals surface area contributed by atoms with Crippen molar-refractivity contribution < 1.29 is 4.74 Å². The molecule has 0 bridgehead atoms. The molecular weight excluding hydrogens is 258 g/mol. The molecule has 0 aromatic heterocycles. The van der Waals surface area contributed by atoms with E-state index in [0.29, 0.717) is 0 Å². The number of ether oxygens (including phenoxy) is 1. The van der Waals surface area contributed by atoms with Crippen LogP contribution in [0.2, 0.25) is 0 Å². The van der Waals surface area contributed by atoms with Gasteiger partial charge in [0.05, 0.1) is 12.1 Å². The molecule has 0 atom stereocenters. The first-order valence-corrected chi connectivity index (χ1v) is 8.32. The maximum absolute atomic E-state index is 5.89. The lowest BCUT2D eigenvalue weighted by Crippen LogP contribution is -2.40. The van der Waals surface area contributed by atoms with Gasteiger partial charge in [0, 0.05) is 16.8 Å². The molecule has 1 aromatic carbocycles. The Balaban J connectivity index is 2.07. The zero-order valence-electron chi connectivity index (χ0n) is 13.8. The zero-order valence-corrected chi connectivity index (χ0v) is 13.8. The van der Waals surface area contributed by atoms with Gasteiger partial charge >= 0.3 is 0 Å². The highest BCUT2D eigenvalue weighted by Gasteiger charge is 2.33. The van der Waals surface area contributed by atoms with Gasteiger partial charge in [-0.05, 0) is 51.7 Å². The van der Waals surface area contributed by atoms with E-state index in [1.54, 1.807) is 0 Å². The van der Waals surface area contributed by atoms with Gasteiger partial charge in [-0.25, -0.2) is 0 Å². The molecular formula is C19H27NO. The van der Waals surface area contributed by atoms with Crippen molar-refractivity contribution >= 4 is 11.8 Å². The Morgan fingerprint density at radius 3 is 2.43 bits per heavy atom. The minimum atomic E-state index is 0.196. The number of fused-ring (bicyclic) bond motifs is 1. The second-order valence-electron chi connectivity index (χ2n) is 6.60. The lowest BCUT2D eigenvalue weighted by atomic mass is 9.78. The van der Waals surface area contributed by atoms with E-state index in [0.717, 1.165) is 12.4 Å². The monoisotopic (exact) mass is 285 g/mol. The van der Waals surface area contributed by atoms with Crippen LogP contribution < -0.4 is 10.1 Å². The third-order valence-corrected chi connectivity index (χ3v) is 5.27. The molecule has 114 valence electrons. The second kappa shape index (κ2) is 5.40. The van der Waals surface area contributed by atoms with Crippen molar-refractivity contribution in [1.29, 1.82) is 0 Å². The number of anilines is 1. The van der Waals surface area contributed by atoms with Crippen molar-refractivity contribution in [2.45, 2.75) is 65.3 Å². The molecule has 0 saturated heterocycles. The van der Waals surface area contributed by atoms with Gasteiger partial charge in [0.2, 0.25) is 0 Å². The van der Waals surface area contributed by atoms with E-state index in [9.17, 15) is 0 Å². The van der Waals surface area contributed by atoms with Crippen LogP contribution in [0.4, 0.5) is 5.69 Å². The van der Waals surface area contributed by atoms with Crippen molar-refractivity contribution in [2.75, 3.05) is 11.9 Å². The highest BCUT2D eigenvalue weighted by atomic mass is 16.5. The molecule has 1 aromatic rings. The van der Waals surface area contributed by atoms with Crippen molar-refractivity contribution in [3.8, 4) is 5.75 Å². The van der Waals surface area contributed by atoms with Crippen LogP contribution in [0.3, 0.4) is 0 Å². The van der Waals surface area contributed by atoms with Crippen LogP contribution in [0.5, 0.6) is 5.75 Å². The maximum atomic E-state index is 5.89. The molecule has 2 heteroatoms. The second-order valence-corrected chi connectivity index (χ2v) is 6.60. The minimum absolute atomic E-state index is 0.196. The van der Waals surface area contributed by atoms with E-state index >= 15 is 0 Å². The number of rotatable bonds is 2. The van der Waals surface area contributed by atoms with Gasteiger partial charge in [-0.15, -0.1) is 0 Å². The number of hydrogen-bond acceptors (Lipinski definition) is 2. The molecule has 1 aliphatic heterocycles. The quantitative estimate of drug-likeness (QED) is 0.811. The standard InChI is InChI=1S/C19H27NO/c1-5-21-18-14(3)13(2)17-16(15(18)4)9-12-19(20-17)10-7-6-8-11-19/h9,12,20H,5-8,10-11H2,1-4H3. The molecule has 1 fully saturated rings. The molecule has 1 N–H and O–H groups in total. The largest absolute Gasteiger partial charge is 0.493 e. The Bertz CT molecular complexity index is 580. The Kier molecular flexibility index (Phi) is 3.73. The fourth-order valence-corrected chi connectivity index (χ4v) is 3.89. The molecule has 0 unspecified atom stereocenters. The Morgan fingerprint density at radius 2 is 1.76 bits per heavy atom. The molecule has 21 heavy (non-hydrogen) atoms. The van der Waals surface area contributed by atoms with Gasteiger partial charge in [0.15, 0.2) is 0 Å². The fourth-order valence-electron chi connectivity index (χ4n) is 3.89. The summed E-state index contributed by atoms with van der Waals surface area (Å²) in [4.78, 5) is 0. The molecule has 3 rings (SSSR count). The molecule has 2 aliphatic rings. The van der Waals surface area contributed by atoms with E-state index in [2.05, 4.69) is 45.2 Å². The van der Waals surface area contributed by atoms with Crippen LogP contribution in [0.25, 0.3) is 6.08 Å². The third-order valence-electron chi connectivity index (χ3n) is 5.27. The average molecular weight is 285 g/mol. The van der Waals surface area contributed by atoms with E-state index in [-0.39, 0.29) is 5.54 Å². The predicted octanol–water partition coefficient (Wildman–Crippen LogP) is 5.15. The van der Waals surface area contributed by atoms with Crippen molar-refractivity contribution in [2.24, 2.45) is 0 Å². The summed E-state index contributed by atoms with van der Waals surface area (Å²) in [6.07, 6.45) is 11.3. The molecule has 0 amide bonds. The van der Waals surface area contributed by atoms with Gasteiger partial charge in [-0.1, -0.05) is 31.4 Å². The summed E-state index contributed by atoms with van der Waals surface area (Å²) in [5, 5.41) is 3.89.